The fourth-order valence-electron chi connectivity index (χ4n) is 4.20. The lowest BCUT2D eigenvalue weighted by molar-refractivity contribution is -0.159. The van der Waals surface area contributed by atoms with Crippen LogP contribution in [0.5, 0.6) is 0 Å². The van der Waals surface area contributed by atoms with Crippen molar-refractivity contribution in [3.05, 3.63) is 29.8 Å². The van der Waals surface area contributed by atoms with Gasteiger partial charge in [0, 0.05) is 52.0 Å². The first kappa shape index (κ1) is 19.3. The Labute approximate surface area is 168 Å². The summed E-state index contributed by atoms with van der Waals surface area (Å²) in [7, 11) is 1.58. The number of aromatic nitrogens is 4. The van der Waals surface area contributed by atoms with Crippen molar-refractivity contribution < 1.29 is 14.1 Å². The maximum absolute atomic E-state index is 13.5. The molecule has 0 N–H and O–H groups in total. The molecule has 1 atom stereocenters. The molecule has 2 aromatic heterocycles. The number of nitriles is 1. The van der Waals surface area contributed by atoms with Gasteiger partial charge >= 0.3 is 0 Å². The molecule has 2 aromatic rings. The minimum Gasteiger partial charge on any atom is -0.368 e. The topological polar surface area (TPSA) is 121 Å². The number of aryl methyl sites for hydroxylation is 1. The third kappa shape index (κ3) is 3.42. The highest BCUT2D eigenvalue weighted by Gasteiger charge is 2.48. The zero-order valence-electron chi connectivity index (χ0n) is 16.5. The van der Waals surface area contributed by atoms with Gasteiger partial charge in [0.2, 0.25) is 5.89 Å². The molecule has 2 aliphatic heterocycles. The lowest BCUT2D eigenvalue weighted by Gasteiger charge is -2.42. The molecule has 10 heteroatoms. The van der Waals surface area contributed by atoms with Gasteiger partial charge in [-0.25, -0.2) is 9.97 Å². The van der Waals surface area contributed by atoms with Crippen molar-refractivity contribution in [1.29, 1.82) is 5.26 Å². The van der Waals surface area contributed by atoms with Gasteiger partial charge in [-0.15, -0.1) is 0 Å². The largest absolute Gasteiger partial charge is 0.368 e. The first-order chi connectivity index (χ1) is 14.1. The van der Waals surface area contributed by atoms with E-state index in [1.807, 2.05) is 9.80 Å². The molecule has 2 aliphatic rings. The number of likely N-dealkylation sites (tertiary alicyclic amines) is 1. The molecule has 0 spiro atoms. The summed E-state index contributed by atoms with van der Waals surface area (Å²) in [4.78, 5) is 30.0. The van der Waals surface area contributed by atoms with Crippen LogP contribution in [0.4, 0.5) is 5.82 Å². The number of rotatable bonds is 4. The van der Waals surface area contributed by atoms with E-state index in [0.29, 0.717) is 50.0 Å². The summed E-state index contributed by atoms with van der Waals surface area (Å²) in [6, 6.07) is 1.87. The summed E-state index contributed by atoms with van der Waals surface area (Å²) in [5.41, 5.74) is -0.626. The summed E-state index contributed by atoms with van der Waals surface area (Å²) in [5.74, 6) is 1.55. The predicted molar refractivity (Wildman–Crippen MR) is 101 cm³/mol. The van der Waals surface area contributed by atoms with E-state index >= 15 is 0 Å². The van der Waals surface area contributed by atoms with E-state index in [0.717, 1.165) is 12.8 Å². The van der Waals surface area contributed by atoms with Crippen LogP contribution in [-0.4, -0.2) is 63.3 Å². The van der Waals surface area contributed by atoms with Crippen LogP contribution in [0, 0.1) is 18.3 Å². The van der Waals surface area contributed by atoms with Gasteiger partial charge in [-0.1, -0.05) is 5.16 Å². The number of carbonyl (C=O) groups is 1. The van der Waals surface area contributed by atoms with Crippen molar-refractivity contribution in [2.24, 2.45) is 0 Å². The maximum Gasteiger partial charge on any atom is 0.255 e. The lowest BCUT2D eigenvalue weighted by Crippen LogP contribution is -2.56. The molecule has 1 amide bonds. The third-order valence-electron chi connectivity index (χ3n) is 5.78. The van der Waals surface area contributed by atoms with E-state index in [1.165, 1.54) is 6.20 Å². The smallest absolute Gasteiger partial charge is 0.255 e. The van der Waals surface area contributed by atoms with Crippen molar-refractivity contribution >= 4 is 11.7 Å². The van der Waals surface area contributed by atoms with E-state index in [1.54, 1.807) is 20.2 Å². The molecule has 4 rings (SSSR count). The van der Waals surface area contributed by atoms with Crippen LogP contribution in [0.25, 0.3) is 0 Å². The number of amides is 1. The molecular weight excluding hydrogens is 374 g/mol. The highest BCUT2D eigenvalue weighted by atomic mass is 16.5. The second-order valence-corrected chi connectivity index (χ2v) is 7.36. The van der Waals surface area contributed by atoms with Crippen LogP contribution in [0.3, 0.4) is 0 Å². The number of hydrogen-bond donors (Lipinski definition) is 0. The van der Waals surface area contributed by atoms with Crippen LogP contribution >= 0.6 is 0 Å². The Morgan fingerprint density at radius 2 is 2.07 bits per heavy atom. The van der Waals surface area contributed by atoms with Crippen molar-refractivity contribution in [2.45, 2.75) is 44.2 Å². The van der Waals surface area contributed by atoms with Gasteiger partial charge in [0.1, 0.15) is 17.7 Å². The monoisotopic (exact) mass is 397 g/mol. The summed E-state index contributed by atoms with van der Waals surface area (Å²) in [5, 5.41) is 13.1. The van der Waals surface area contributed by atoms with Gasteiger partial charge in [0.05, 0.1) is 0 Å². The van der Waals surface area contributed by atoms with Crippen molar-refractivity contribution in [3.63, 3.8) is 0 Å². The third-order valence-corrected chi connectivity index (χ3v) is 5.78. The summed E-state index contributed by atoms with van der Waals surface area (Å²) in [6.07, 6.45) is 5.74. The van der Waals surface area contributed by atoms with Crippen LogP contribution < -0.4 is 4.90 Å². The molecule has 2 saturated heterocycles. The Balaban J connectivity index is 1.51. The second-order valence-electron chi connectivity index (χ2n) is 7.36. The maximum atomic E-state index is 13.5. The fourth-order valence-corrected chi connectivity index (χ4v) is 4.20. The highest BCUT2D eigenvalue weighted by molar-refractivity contribution is 5.86. The molecule has 0 aromatic carbocycles. The van der Waals surface area contributed by atoms with E-state index in [2.05, 4.69) is 26.2 Å². The molecule has 0 bridgehead atoms. The van der Waals surface area contributed by atoms with E-state index < -0.39 is 5.60 Å². The molecule has 1 unspecified atom stereocenters. The zero-order valence-corrected chi connectivity index (χ0v) is 16.5. The average Bonchev–Trinajstić information content (AvgIpc) is 3.42. The fraction of sp³-hybridized carbons (Fsp3) is 0.579. The Bertz CT molecular complexity index is 930. The van der Waals surface area contributed by atoms with E-state index in [4.69, 9.17) is 9.26 Å². The van der Waals surface area contributed by atoms with Gasteiger partial charge < -0.3 is 19.1 Å². The quantitative estimate of drug-likeness (QED) is 0.753. The molecule has 0 radical (unpaired) electrons. The van der Waals surface area contributed by atoms with Crippen LogP contribution in [0.15, 0.2) is 16.9 Å². The standard InChI is InChI=1S/C19H23N7O3/c1-13-23-17(29-24-13)15-4-3-9-26(15)18(27)19(28-2)5-10-25(11-6-19)16-14(12-20)21-7-8-22-16/h7-8,15H,3-6,9-11H2,1-2H3. The van der Waals surface area contributed by atoms with Gasteiger partial charge in [-0.3, -0.25) is 4.79 Å². The van der Waals surface area contributed by atoms with Crippen molar-refractivity contribution in [2.75, 3.05) is 31.6 Å². The van der Waals surface area contributed by atoms with Gasteiger partial charge in [-0.2, -0.15) is 10.2 Å². The van der Waals surface area contributed by atoms with Crippen LogP contribution in [-0.2, 0) is 9.53 Å². The normalized spacial score (nSPS) is 21.2. The lowest BCUT2D eigenvalue weighted by atomic mass is 9.89. The predicted octanol–water partition coefficient (Wildman–Crippen LogP) is 1.39. The number of hydrogen-bond acceptors (Lipinski definition) is 9. The Kier molecular flexibility index (Phi) is 5.15. The SMILES string of the molecule is COC1(C(=O)N2CCCC2c2nc(C)no2)CCN(c2nccnc2C#N)CC1. The first-order valence-corrected chi connectivity index (χ1v) is 9.70. The summed E-state index contributed by atoms with van der Waals surface area (Å²) in [6.45, 7) is 3.50. The van der Waals surface area contributed by atoms with E-state index in [9.17, 15) is 10.1 Å². The number of methoxy groups -OCH3 is 1. The second kappa shape index (κ2) is 7.75. The number of carbonyl (C=O) groups excluding carboxylic acids is 1. The molecule has 2 fully saturated rings. The minimum atomic E-state index is -0.914. The average molecular weight is 397 g/mol. The van der Waals surface area contributed by atoms with Crippen molar-refractivity contribution in [3.8, 4) is 6.07 Å². The Hall–Kier alpha value is -3.06. The molecule has 29 heavy (non-hydrogen) atoms. The molecule has 4 heterocycles. The number of nitrogens with zero attached hydrogens (tertiary/aromatic N) is 7. The Morgan fingerprint density at radius 1 is 1.31 bits per heavy atom. The number of piperidine rings is 1. The molecule has 0 aliphatic carbocycles. The molecular formula is C19H23N7O3. The molecule has 152 valence electrons. The zero-order chi connectivity index (χ0) is 20.4. The van der Waals surface area contributed by atoms with Gasteiger partial charge in [-0.05, 0) is 19.8 Å². The van der Waals surface area contributed by atoms with Gasteiger partial charge in [0.15, 0.2) is 17.3 Å². The van der Waals surface area contributed by atoms with Crippen molar-refractivity contribution in [1.82, 2.24) is 25.0 Å². The molecule has 0 saturated carbocycles. The van der Waals surface area contributed by atoms with Gasteiger partial charge in [0.25, 0.3) is 5.91 Å². The van der Waals surface area contributed by atoms with E-state index in [-0.39, 0.29) is 17.6 Å². The number of ether oxygens (including phenoxy) is 1. The number of anilines is 1. The Morgan fingerprint density at radius 3 is 2.72 bits per heavy atom. The summed E-state index contributed by atoms with van der Waals surface area (Å²) < 4.78 is 11.1. The highest BCUT2D eigenvalue weighted by Crippen LogP contribution is 2.37. The minimum absolute atomic E-state index is 0.0438. The van der Waals surface area contributed by atoms with Crippen LogP contribution in [0.2, 0.25) is 0 Å². The van der Waals surface area contributed by atoms with Crippen LogP contribution in [0.1, 0.15) is 49.1 Å². The first-order valence-electron chi connectivity index (χ1n) is 9.70. The molecule has 10 nitrogen and oxygen atoms in total. The summed E-state index contributed by atoms with van der Waals surface area (Å²) >= 11 is 0.